The molecule has 0 aliphatic carbocycles. The highest BCUT2D eigenvalue weighted by Crippen LogP contribution is 2.16. The van der Waals surface area contributed by atoms with E-state index in [2.05, 4.69) is 10.3 Å². The first-order valence-corrected chi connectivity index (χ1v) is 6.49. The third-order valence-electron chi connectivity index (χ3n) is 3.36. The van der Waals surface area contributed by atoms with Crippen molar-refractivity contribution in [3.63, 3.8) is 0 Å². The number of hydrogen-bond acceptors (Lipinski definition) is 3. The van der Waals surface area contributed by atoms with Gasteiger partial charge in [0.1, 0.15) is 0 Å². The molecule has 1 saturated heterocycles. The van der Waals surface area contributed by atoms with Crippen LogP contribution in [0.3, 0.4) is 0 Å². The van der Waals surface area contributed by atoms with Crippen molar-refractivity contribution in [2.24, 2.45) is 5.92 Å². The topological polar surface area (TPSA) is 46.4 Å². The lowest BCUT2D eigenvalue weighted by atomic mass is 10.0. The average Bonchev–Trinajstić information content (AvgIpc) is 2.83. The molecule has 0 saturated carbocycles. The summed E-state index contributed by atoms with van der Waals surface area (Å²) in [6.07, 6.45) is 3.67. The summed E-state index contributed by atoms with van der Waals surface area (Å²) in [5.41, 5.74) is 1.32. The van der Waals surface area contributed by atoms with E-state index in [1.807, 2.05) is 0 Å². The molecule has 0 aromatic carbocycles. The number of aromatic nitrogens is 2. The Morgan fingerprint density at radius 3 is 3.22 bits per heavy atom. The van der Waals surface area contributed by atoms with Crippen LogP contribution in [0.4, 0.5) is 0 Å². The van der Waals surface area contributed by atoms with Crippen LogP contribution in [0.25, 0.3) is 5.65 Å². The largest absolute Gasteiger partial charge is 0.316 e. The molecule has 4 nitrogen and oxygen atoms in total. The maximum atomic E-state index is 12.0. The molecule has 5 heteroatoms. The Hall–Kier alpha value is -1.39. The van der Waals surface area contributed by atoms with Crippen LogP contribution in [0, 0.1) is 5.92 Å². The van der Waals surface area contributed by atoms with Gasteiger partial charge in [0.15, 0.2) is 5.65 Å². The first-order chi connectivity index (χ1) is 8.74. The number of fused-ring (bicyclic) bond motifs is 1. The summed E-state index contributed by atoms with van der Waals surface area (Å²) in [5.74, 6) is 0.571. The number of rotatable bonds is 2. The lowest BCUT2D eigenvalue weighted by molar-refractivity contribution is 0.571. The fraction of sp³-hybridized carbons (Fsp3) is 0.385. The molecule has 3 rings (SSSR count). The second-order valence-corrected chi connectivity index (χ2v) is 5.11. The maximum Gasteiger partial charge on any atom is 0.258 e. The highest BCUT2D eigenvalue weighted by atomic mass is 35.5. The van der Waals surface area contributed by atoms with Gasteiger partial charge in [0, 0.05) is 18.0 Å². The summed E-state index contributed by atoms with van der Waals surface area (Å²) in [6.45, 7) is 2.06. The summed E-state index contributed by atoms with van der Waals surface area (Å²) in [6, 6.07) is 5.12. The van der Waals surface area contributed by atoms with Gasteiger partial charge in [-0.2, -0.15) is 0 Å². The lowest BCUT2D eigenvalue weighted by Crippen LogP contribution is -2.18. The Labute approximate surface area is 110 Å². The smallest absolute Gasteiger partial charge is 0.258 e. The summed E-state index contributed by atoms with van der Waals surface area (Å²) in [7, 11) is 0. The Kier molecular flexibility index (Phi) is 3.06. The van der Waals surface area contributed by atoms with Gasteiger partial charge < -0.3 is 5.32 Å². The van der Waals surface area contributed by atoms with Crippen LogP contribution in [-0.2, 0) is 6.42 Å². The van der Waals surface area contributed by atoms with E-state index in [9.17, 15) is 4.79 Å². The second kappa shape index (κ2) is 4.71. The number of hydrogen-bond donors (Lipinski definition) is 1. The van der Waals surface area contributed by atoms with E-state index in [0.29, 0.717) is 16.6 Å². The first kappa shape index (κ1) is 11.7. The van der Waals surface area contributed by atoms with Gasteiger partial charge in [-0.3, -0.25) is 9.20 Å². The van der Waals surface area contributed by atoms with Crippen molar-refractivity contribution < 1.29 is 0 Å². The van der Waals surface area contributed by atoms with Crippen LogP contribution in [0.5, 0.6) is 0 Å². The Morgan fingerprint density at radius 1 is 1.56 bits per heavy atom. The minimum Gasteiger partial charge on any atom is -0.316 e. The summed E-state index contributed by atoms with van der Waals surface area (Å²) in [5, 5.41) is 3.83. The normalized spacial score (nSPS) is 19.5. The van der Waals surface area contributed by atoms with Gasteiger partial charge in [0.25, 0.3) is 5.56 Å². The van der Waals surface area contributed by atoms with Crippen molar-refractivity contribution in [2.75, 3.05) is 13.1 Å². The molecule has 1 atom stereocenters. The van der Waals surface area contributed by atoms with Crippen molar-refractivity contribution in [3.8, 4) is 0 Å². The molecule has 0 amide bonds. The van der Waals surface area contributed by atoms with Gasteiger partial charge >= 0.3 is 0 Å². The number of halogens is 1. The van der Waals surface area contributed by atoms with Gasteiger partial charge in [0.05, 0.1) is 5.02 Å². The molecule has 0 radical (unpaired) electrons. The highest BCUT2D eigenvalue weighted by molar-refractivity contribution is 6.33. The van der Waals surface area contributed by atoms with Gasteiger partial charge in [-0.15, -0.1) is 0 Å². The SMILES string of the molecule is O=c1cc(CC2CCNC2)nc2c(Cl)cccn12. The average molecular weight is 264 g/mol. The standard InChI is InChI=1S/C13H14ClN3O/c14-11-2-1-5-17-12(18)7-10(16-13(11)17)6-9-3-4-15-8-9/h1-2,5,7,9,15H,3-4,6,8H2. The van der Waals surface area contributed by atoms with E-state index >= 15 is 0 Å². The molecule has 3 heterocycles. The third kappa shape index (κ3) is 2.13. The molecule has 0 bridgehead atoms. The van der Waals surface area contributed by atoms with E-state index < -0.39 is 0 Å². The summed E-state index contributed by atoms with van der Waals surface area (Å²) in [4.78, 5) is 16.5. The van der Waals surface area contributed by atoms with Gasteiger partial charge in [-0.1, -0.05) is 11.6 Å². The van der Waals surface area contributed by atoms with Gasteiger partial charge in [0.2, 0.25) is 0 Å². The monoisotopic (exact) mass is 263 g/mol. The Bertz CT molecular complexity index is 632. The van der Waals surface area contributed by atoms with E-state index in [0.717, 1.165) is 31.6 Å². The highest BCUT2D eigenvalue weighted by Gasteiger charge is 2.16. The van der Waals surface area contributed by atoms with Crippen LogP contribution in [0.2, 0.25) is 5.02 Å². The second-order valence-electron chi connectivity index (χ2n) is 4.70. The van der Waals surface area contributed by atoms with Crippen molar-refractivity contribution in [1.82, 2.24) is 14.7 Å². The Morgan fingerprint density at radius 2 is 2.44 bits per heavy atom. The molecule has 0 spiro atoms. The van der Waals surface area contributed by atoms with Crippen molar-refractivity contribution in [3.05, 3.63) is 45.5 Å². The molecular formula is C13H14ClN3O. The number of nitrogens with one attached hydrogen (secondary N) is 1. The molecule has 94 valence electrons. The Balaban J connectivity index is 2.03. The zero-order valence-corrected chi connectivity index (χ0v) is 10.7. The molecule has 2 aromatic heterocycles. The maximum absolute atomic E-state index is 12.0. The zero-order valence-electron chi connectivity index (χ0n) is 9.90. The number of nitrogens with zero attached hydrogens (tertiary/aromatic N) is 2. The molecule has 1 aliphatic rings. The minimum atomic E-state index is -0.0662. The van der Waals surface area contributed by atoms with E-state index in [4.69, 9.17) is 11.6 Å². The minimum absolute atomic E-state index is 0.0662. The predicted molar refractivity (Wildman–Crippen MR) is 71.2 cm³/mol. The van der Waals surface area contributed by atoms with Crippen molar-refractivity contribution in [2.45, 2.75) is 12.8 Å². The van der Waals surface area contributed by atoms with Crippen LogP contribution < -0.4 is 10.9 Å². The fourth-order valence-corrected chi connectivity index (χ4v) is 2.63. The molecular weight excluding hydrogens is 250 g/mol. The van der Waals surface area contributed by atoms with E-state index in [-0.39, 0.29) is 5.56 Å². The first-order valence-electron chi connectivity index (χ1n) is 6.11. The molecule has 1 unspecified atom stereocenters. The quantitative estimate of drug-likeness (QED) is 0.893. The van der Waals surface area contributed by atoms with E-state index in [1.54, 1.807) is 24.4 Å². The summed E-state index contributed by atoms with van der Waals surface area (Å²) < 4.78 is 1.48. The van der Waals surface area contributed by atoms with Crippen LogP contribution in [-0.4, -0.2) is 22.5 Å². The van der Waals surface area contributed by atoms with E-state index in [1.165, 1.54) is 4.40 Å². The molecule has 18 heavy (non-hydrogen) atoms. The van der Waals surface area contributed by atoms with Crippen LogP contribution in [0.1, 0.15) is 12.1 Å². The van der Waals surface area contributed by atoms with Crippen molar-refractivity contribution >= 4 is 17.2 Å². The van der Waals surface area contributed by atoms with Crippen LogP contribution in [0.15, 0.2) is 29.2 Å². The lowest BCUT2D eigenvalue weighted by Gasteiger charge is -2.09. The van der Waals surface area contributed by atoms with Gasteiger partial charge in [-0.25, -0.2) is 4.98 Å². The molecule has 2 aromatic rings. The zero-order chi connectivity index (χ0) is 12.5. The molecule has 1 N–H and O–H groups in total. The summed E-state index contributed by atoms with van der Waals surface area (Å²) >= 11 is 6.08. The van der Waals surface area contributed by atoms with Crippen LogP contribution >= 0.6 is 11.6 Å². The molecule has 1 aliphatic heterocycles. The third-order valence-corrected chi connectivity index (χ3v) is 3.65. The van der Waals surface area contributed by atoms with Crippen molar-refractivity contribution in [1.29, 1.82) is 0 Å². The fourth-order valence-electron chi connectivity index (χ4n) is 2.43. The number of pyridine rings is 1. The predicted octanol–water partition coefficient (Wildman–Crippen LogP) is 1.50. The van der Waals surface area contributed by atoms with Gasteiger partial charge in [-0.05, 0) is 44.0 Å². The molecule has 1 fully saturated rings.